The summed E-state index contributed by atoms with van der Waals surface area (Å²) < 4.78 is 0. The number of carbonyl (C=O) groups is 10. The fourth-order valence-corrected chi connectivity index (χ4v) is 6.79. The first kappa shape index (κ1) is 57.7. The second kappa shape index (κ2) is 28.0. The number of hydrogen-bond acceptors (Lipinski definition) is 12. The van der Waals surface area contributed by atoms with E-state index in [0.717, 1.165) is 5.56 Å². The number of aliphatic carboxylic acids is 3. The molecule has 376 valence electrons. The van der Waals surface area contributed by atoms with E-state index in [2.05, 4.69) is 37.2 Å². The highest BCUT2D eigenvalue weighted by Crippen LogP contribution is 2.21. The van der Waals surface area contributed by atoms with Crippen LogP contribution in [-0.2, 0) is 60.9 Å². The predicted octanol–water partition coefficient (Wildman–Crippen LogP) is 0.334. The Bertz CT molecular complexity index is 2190. The number of carboxylic acids is 3. The first-order valence-electron chi connectivity index (χ1n) is 22.2. The highest BCUT2D eigenvalue weighted by atomic mass is 16.4. The molecule has 0 fully saturated rings. The van der Waals surface area contributed by atoms with Crippen molar-refractivity contribution in [2.75, 3.05) is 0 Å². The molecule has 0 saturated heterocycles. The van der Waals surface area contributed by atoms with Crippen molar-refractivity contribution < 1.29 is 68.4 Å². The molecule has 0 saturated carbocycles. The summed E-state index contributed by atoms with van der Waals surface area (Å²) >= 11 is 0. The van der Waals surface area contributed by atoms with Crippen LogP contribution in [0, 0.1) is 29.6 Å². The molecule has 2 aromatic rings. The summed E-state index contributed by atoms with van der Waals surface area (Å²) in [5, 5.41) is 65.6. The number of aryl methyl sites for hydroxylation is 1. The molecule has 11 N–H and O–H groups in total. The van der Waals surface area contributed by atoms with Crippen molar-refractivity contribution >= 4 is 59.3 Å². The highest BCUT2D eigenvalue weighted by molar-refractivity contribution is 5.98. The number of nitrogens with one attached hydrogen (secondary N) is 7. The van der Waals surface area contributed by atoms with Crippen molar-refractivity contribution in [3.05, 3.63) is 71.3 Å². The normalized spacial score (nSPS) is 14.1. The zero-order valence-corrected chi connectivity index (χ0v) is 39.5. The summed E-state index contributed by atoms with van der Waals surface area (Å²) in [6.07, 6.45) is -6.02. The van der Waals surface area contributed by atoms with Crippen molar-refractivity contribution in [3.63, 3.8) is 0 Å². The minimum absolute atomic E-state index is 0.0344. The molecule has 0 aliphatic carbocycles. The molecule has 0 aliphatic rings. The van der Waals surface area contributed by atoms with Crippen LogP contribution in [0.15, 0.2) is 54.6 Å². The largest absolute Gasteiger partial charge is 0.481 e. The van der Waals surface area contributed by atoms with E-state index in [1.807, 2.05) is 6.07 Å². The van der Waals surface area contributed by atoms with Gasteiger partial charge in [0.15, 0.2) is 6.10 Å². The molecule has 2 aromatic carbocycles. The van der Waals surface area contributed by atoms with Crippen LogP contribution in [0.1, 0.15) is 96.3 Å². The van der Waals surface area contributed by atoms with Crippen LogP contribution in [0.4, 0.5) is 0 Å². The van der Waals surface area contributed by atoms with Gasteiger partial charge in [-0.25, -0.2) is 0 Å². The zero-order valence-electron chi connectivity index (χ0n) is 39.5. The third-order valence-electron chi connectivity index (χ3n) is 10.5. The second-order valence-corrected chi connectivity index (χ2v) is 17.9. The van der Waals surface area contributed by atoms with Gasteiger partial charge in [-0.15, -0.1) is 0 Å². The number of aliphatic hydroxyl groups is 1. The Balaban J connectivity index is 2.45. The maximum atomic E-state index is 14.4. The number of carboxylic acid groups (broad SMARTS) is 3. The molecular formula is C47H64N8O14. The van der Waals surface area contributed by atoms with Crippen molar-refractivity contribution in [3.8, 4) is 6.07 Å². The molecular weight excluding hydrogens is 901 g/mol. The Kier molecular flexibility index (Phi) is 23.5. The Morgan fingerprint density at radius 1 is 0.623 bits per heavy atom. The standard InChI is InChI=1S/C47H64N8O14/c1-26(2)22-32(42(65)51-30(20-21-48)39(63)45(68)49-25-28-13-8-7-9-14-28)54-46(69)40(47(4,5)6)55-44(67)33(23-29-15-11-10-12-27(29)3)53-41(64)31(16-18-36(57)58)52-43(66)34(24-38(61)62)50-35(56)17-19-37(59)60/h7-15,26,30-34,39-40,63H,16-20,22-25H2,1-6H3,(H,49,68)(H,50,56)(H,51,65)(H,52,66)(H,53,64)(H,54,69)(H,55,67)(H,57,58)(H,59,60)(H,61,62)/t30?,31-,32-,33-,34-,39?,40+/m0/s1. The molecule has 0 aliphatic heterocycles. The maximum absolute atomic E-state index is 14.4. The molecule has 69 heavy (non-hydrogen) atoms. The van der Waals surface area contributed by atoms with Gasteiger partial charge in [0.2, 0.25) is 35.4 Å². The van der Waals surface area contributed by atoms with Gasteiger partial charge >= 0.3 is 17.9 Å². The number of benzene rings is 2. The van der Waals surface area contributed by atoms with E-state index in [1.165, 1.54) is 0 Å². The number of amides is 7. The maximum Gasteiger partial charge on any atom is 0.305 e. The van der Waals surface area contributed by atoms with Crippen molar-refractivity contribution in [2.24, 2.45) is 11.3 Å². The van der Waals surface area contributed by atoms with E-state index in [9.17, 15) is 68.5 Å². The highest BCUT2D eigenvalue weighted by Gasteiger charge is 2.39. The Morgan fingerprint density at radius 2 is 1.17 bits per heavy atom. The number of carbonyl (C=O) groups excluding carboxylic acids is 7. The molecule has 7 atom stereocenters. The van der Waals surface area contributed by atoms with E-state index >= 15 is 0 Å². The molecule has 0 spiro atoms. The summed E-state index contributed by atoms with van der Waals surface area (Å²) in [7, 11) is 0. The zero-order chi connectivity index (χ0) is 52.0. The Hall–Kier alpha value is -7.41. The Labute approximate surface area is 399 Å². The topological polar surface area (TPSA) is 360 Å². The number of nitriles is 1. The van der Waals surface area contributed by atoms with Crippen LogP contribution >= 0.6 is 0 Å². The summed E-state index contributed by atoms with van der Waals surface area (Å²) in [6.45, 7) is 10.2. The fraction of sp³-hybridized carbons (Fsp3) is 0.511. The lowest BCUT2D eigenvalue weighted by Crippen LogP contribution is -2.62. The number of nitrogens with zero attached hydrogens (tertiary/aromatic N) is 1. The lowest BCUT2D eigenvalue weighted by atomic mass is 9.85. The molecule has 2 rings (SSSR count). The summed E-state index contributed by atoms with van der Waals surface area (Å²) in [4.78, 5) is 129. The average Bonchev–Trinajstić information content (AvgIpc) is 3.26. The molecule has 2 unspecified atom stereocenters. The smallest absolute Gasteiger partial charge is 0.305 e. The van der Waals surface area contributed by atoms with E-state index in [4.69, 9.17) is 5.11 Å². The second-order valence-electron chi connectivity index (χ2n) is 17.9. The van der Waals surface area contributed by atoms with E-state index in [1.54, 1.807) is 96.1 Å². The van der Waals surface area contributed by atoms with Gasteiger partial charge in [0.25, 0.3) is 5.91 Å². The quantitative estimate of drug-likeness (QED) is 0.0548. The first-order valence-corrected chi connectivity index (χ1v) is 22.2. The van der Waals surface area contributed by atoms with E-state index in [-0.39, 0.29) is 25.3 Å². The van der Waals surface area contributed by atoms with Gasteiger partial charge in [0.1, 0.15) is 30.2 Å². The lowest BCUT2D eigenvalue weighted by molar-refractivity contribution is -0.142. The third-order valence-corrected chi connectivity index (χ3v) is 10.5. The van der Waals surface area contributed by atoms with Gasteiger partial charge in [0, 0.05) is 25.8 Å². The van der Waals surface area contributed by atoms with Gasteiger partial charge in [-0.2, -0.15) is 5.26 Å². The molecule has 0 radical (unpaired) electrons. The van der Waals surface area contributed by atoms with Crippen molar-refractivity contribution in [1.29, 1.82) is 5.26 Å². The SMILES string of the molecule is Cc1ccccc1C[C@H](NC(=O)[C@H](CCC(=O)O)NC(=O)[C@H](CC(=O)O)NC(=O)CCC(=O)O)C(=O)N[C@H](C(=O)N[C@@H](CC(C)C)C(=O)NC(CC#N)C(O)C(=O)NCc1ccccc1)C(C)(C)C. The van der Waals surface area contributed by atoms with Gasteiger partial charge in [-0.3, -0.25) is 47.9 Å². The van der Waals surface area contributed by atoms with Crippen LogP contribution in [0.25, 0.3) is 0 Å². The van der Waals surface area contributed by atoms with Gasteiger partial charge in [-0.1, -0.05) is 89.2 Å². The number of rotatable bonds is 28. The monoisotopic (exact) mass is 964 g/mol. The summed E-state index contributed by atoms with van der Waals surface area (Å²) in [5.41, 5.74) is 0.897. The van der Waals surface area contributed by atoms with E-state index < -0.39 is 146 Å². The van der Waals surface area contributed by atoms with Gasteiger partial charge in [-0.05, 0) is 47.8 Å². The van der Waals surface area contributed by atoms with Gasteiger partial charge in [0.05, 0.1) is 31.4 Å². The minimum atomic E-state index is -1.85. The van der Waals surface area contributed by atoms with Crippen LogP contribution in [-0.4, -0.2) is 122 Å². The van der Waals surface area contributed by atoms with Crippen LogP contribution in [0.2, 0.25) is 0 Å². The number of aliphatic hydroxyl groups excluding tert-OH is 1. The average molecular weight is 965 g/mol. The summed E-state index contributed by atoms with van der Waals surface area (Å²) in [6, 6.07) is 8.25. The predicted molar refractivity (Wildman–Crippen MR) is 246 cm³/mol. The van der Waals surface area contributed by atoms with Crippen LogP contribution in [0.3, 0.4) is 0 Å². The molecule has 0 aromatic heterocycles. The number of hydrogen-bond donors (Lipinski definition) is 11. The van der Waals surface area contributed by atoms with E-state index in [0.29, 0.717) is 11.1 Å². The lowest BCUT2D eigenvalue weighted by Gasteiger charge is -2.34. The molecule has 0 bridgehead atoms. The molecule has 22 heteroatoms. The van der Waals surface area contributed by atoms with Crippen LogP contribution < -0.4 is 37.2 Å². The van der Waals surface area contributed by atoms with Crippen molar-refractivity contribution in [1.82, 2.24) is 37.2 Å². The molecule has 0 heterocycles. The Morgan fingerprint density at radius 3 is 1.74 bits per heavy atom. The van der Waals surface area contributed by atoms with Crippen LogP contribution in [0.5, 0.6) is 0 Å². The fourth-order valence-electron chi connectivity index (χ4n) is 6.79. The van der Waals surface area contributed by atoms with Gasteiger partial charge < -0.3 is 57.6 Å². The first-order chi connectivity index (χ1) is 32.3. The minimum Gasteiger partial charge on any atom is -0.481 e. The molecule has 22 nitrogen and oxygen atoms in total. The summed E-state index contributed by atoms with van der Waals surface area (Å²) in [5.74, 6) is -11.3. The molecule has 7 amide bonds. The van der Waals surface area contributed by atoms with Crippen molar-refractivity contribution in [2.45, 2.75) is 142 Å². The third kappa shape index (κ3) is 21.0.